The van der Waals surface area contributed by atoms with Crippen molar-refractivity contribution in [2.24, 2.45) is 5.73 Å². The van der Waals surface area contributed by atoms with E-state index in [4.69, 9.17) is 5.73 Å². The van der Waals surface area contributed by atoms with Gasteiger partial charge in [0.25, 0.3) is 5.91 Å². The molecule has 1 atom stereocenters. The molecule has 1 aromatic rings. The van der Waals surface area contributed by atoms with Gasteiger partial charge in [0.15, 0.2) is 0 Å². The van der Waals surface area contributed by atoms with Crippen molar-refractivity contribution < 1.29 is 9.59 Å². The fraction of sp³-hybridized carbons (Fsp3) is 0.462. The lowest BCUT2D eigenvalue weighted by atomic mass is 10.2. The van der Waals surface area contributed by atoms with Crippen molar-refractivity contribution >= 4 is 17.8 Å². The number of primary amides is 1. The molecule has 3 N–H and O–H groups in total. The molecule has 0 bridgehead atoms. The number of aromatic nitrogens is 1. The Morgan fingerprint density at radius 2 is 2.30 bits per heavy atom. The normalized spacial score (nSPS) is 17.9. The molecule has 0 aliphatic carbocycles. The summed E-state index contributed by atoms with van der Waals surface area (Å²) in [5.74, 6) is -0.0359. The summed E-state index contributed by atoms with van der Waals surface area (Å²) in [5, 5.41) is 3.21. The van der Waals surface area contributed by atoms with Gasteiger partial charge < -0.3 is 20.9 Å². The van der Waals surface area contributed by atoms with Crippen LogP contribution in [0.25, 0.3) is 0 Å². The van der Waals surface area contributed by atoms with Gasteiger partial charge in [-0.3, -0.25) is 4.79 Å². The Kier molecular flexibility index (Phi) is 4.07. The number of anilines is 1. The van der Waals surface area contributed by atoms with E-state index in [1.54, 1.807) is 36.0 Å². The van der Waals surface area contributed by atoms with Crippen molar-refractivity contribution in [3.8, 4) is 0 Å². The first-order valence-electron chi connectivity index (χ1n) is 6.38. The van der Waals surface area contributed by atoms with E-state index in [1.807, 2.05) is 0 Å². The predicted octanol–water partition coefficient (Wildman–Crippen LogP) is 0.148. The number of carbonyl (C=O) groups excluding carboxylic acids is 2. The molecule has 1 aliphatic heterocycles. The summed E-state index contributed by atoms with van der Waals surface area (Å²) < 4.78 is 0. The number of nitrogens with one attached hydrogen (secondary N) is 1. The highest BCUT2D eigenvalue weighted by atomic mass is 16.2. The molecule has 2 rings (SSSR count). The van der Waals surface area contributed by atoms with Gasteiger partial charge in [0.05, 0.1) is 0 Å². The molecular weight excluding hydrogens is 258 g/mol. The Morgan fingerprint density at radius 3 is 2.95 bits per heavy atom. The van der Waals surface area contributed by atoms with Crippen LogP contribution in [0.2, 0.25) is 0 Å². The highest BCUT2D eigenvalue weighted by Gasteiger charge is 2.27. The third kappa shape index (κ3) is 3.17. The molecule has 3 amide bonds. The molecule has 1 fully saturated rings. The van der Waals surface area contributed by atoms with E-state index in [0.29, 0.717) is 18.9 Å². The molecule has 0 unspecified atom stereocenters. The zero-order chi connectivity index (χ0) is 14.7. The van der Waals surface area contributed by atoms with Crippen LogP contribution >= 0.6 is 0 Å². The minimum Gasteiger partial charge on any atom is -0.365 e. The molecule has 0 aromatic carbocycles. The van der Waals surface area contributed by atoms with E-state index >= 15 is 0 Å². The molecule has 107 valence electrons. The lowest BCUT2D eigenvalue weighted by molar-refractivity contribution is 0.0995. The Labute approximate surface area is 117 Å². The zero-order valence-electron chi connectivity index (χ0n) is 11.6. The topological polar surface area (TPSA) is 91.6 Å². The first-order valence-corrected chi connectivity index (χ1v) is 6.38. The molecule has 1 aromatic heterocycles. The van der Waals surface area contributed by atoms with E-state index in [9.17, 15) is 9.59 Å². The van der Waals surface area contributed by atoms with E-state index < -0.39 is 5.91 Å². The fourth-order valence-electron chi connectivity index (χ4n) is 2.14. The molecule has 1 saturated heterocycles. The average Bonchev–Trinajstić information content (AvgIpc) is 2.86. The number of pyridine rings is 1. The third-order valence-electron chi connectivity index (χ3n) is 3.12. The molecule has 1 aliphatic rings. The molecule has 7 nitrogen and oxygen atoms in total. The smallest absolute Gasteiger partial charge is 0.319 e. The maximum Gasteiger partial charge on any atom is 0.319 e. The lowest BCUT2D eigenvalue weighted by Crippen LogP contribution is -2.38. The summed E-state index contributed by atoms with van der Waals surface area (Å²) in [7, 11) is 3.47. The lowest BCUT2D eigenvalue weighted by Gasteiger charge is -2.21. The van der Waals surface area contributed by atoms with Gasteiger partial charge in [-0.2, -0.15) is 0 Å². The second-order valence-electron chi connectivity index (χ2n) is 4.94. The predicted molar refractivity (Wildman–Crippen MR) is 74.3 cm³/mol. The summed E-state index contributed by atoms with van der Waals surface area (Å²) in [6.45, 7) is 1.32. The van der Waals surface area contributed by atoms with Gasteiger partial charge in [0.1, 0.15) is 11.5 Å². The summed E-state index contributed by atoms with van der Waals surface area (Å²) >= 11 is 0. The van der Waals surface area contributed by atoms with Crippen molar-refractivity contribution in [3.05, 3.63) is 23.9 Å². The fourth-order valence-corrected chi connectivity index (χ4v) is 2.14. The number of nitrogens with zero attached hydrogens (tertiary/aromatic N) is 3. The van der Waals surface area contributed by atoms with Crippen LogP contribution in [-0.2, 0) is 0 Å². The van der Waals surface area contributed by atoms with Crippen LogP contribution in [0.3, 0.4) is 0 Å². The van der Waals surface area contributed by atoms with Gasteiger partial charge in [0.2, 0.25) is 0 Å². The van der Waals surface area contributed by atoms with Gasteiger partial charge in [-0.1, -0.05) is 0 Å². The average molecular weight is 276 g/mol. The number of urea groups is 1. The van der Waals surface area contributed by atoms with E-state index in [1.165, 1.54) is 0 Å². The van der Waals surface area contributed by atoms with Crippen LogP contribution in [0.4, 0.5) is 10.6 Å². The SMILES string of the molecule is CN(C)C(=O)N1CC[C@H](Nc2cc[c]c(C(N)=O)n2)C1. The molecule has 1 radical (unpaired) electrons. The van der Waals surface area contributed by atoms with Crippen LogP contribution < -0.4 is 11.1 Å². The van der Waals surface area contributed by atoms with E-state index in [0.717, 1.165) is 6.42 Å². The van der Waals surface area contributed by atoms with Crippen molar-refractivity contribution in [2.75, 3.05) is 32.5 Å². The monoisotopic (exact) mass is 276 g/mol. The molecule has 0 spiro atoms. The number of likely N-dealkylation sites (tertiary alicyclic amines) is 1. The Balaban J connectivity index is 1.97. The molecule has 2 heterocycles. The second kappa shape index (κ2) is 5.77. The first-order chi connectivity index (χ1) is 9.47. The number of rotatable bonds is 3. The maximum atomic E-state index is 11.8. The summed E-state index contributed by atoms with van der Waals surface area (Å²) in [6.07, 6.45) is 0.839. The number of hydrogen-bond donors (Lipinski definition) is 2. The molecular formula is C13H18N5O2. The maximum absolute atomic E-state index is 11.8. The van der Waals surface area contributed by atoms with Crippen molar-refractivity contribution in [1.82, 2.24) is 14.8 Å². The number of hydrogen-bond acceptors (Lipinski definition) is 4. The largest absolute Gasteiger partial charge is 0.365 e. The third-order valence-corrected chi connectivity index (χ3v) is 3.12. The highest BCUT2D eigenvalue weighted by molar-refractivity contribution is 5.90. The molecule has 20 heavy (non-hydrogen) atoms. The van der Waals surface area contributed by atoms with Crippen LogP contribution in [0.15, 0.2) is 12.1 Å². The zero-order valence-corrected chi connectivity index (χ0v) is 11.6. The Hall–Kier alpha value is -2.31. The Morgan fingerprint density at radius 1 is 1.55 bits per heavy atom. The van der Waals surface area contributed by atoms with Crippen LogP contribution in [0, 0.1) is 6.07 Å². The highest BCUT2D eigenvalue weighted by Crippen LogP contribution is 2.15. The summed E-state index contributed by atoms with van der Waals surface area (Å²) in [6, 6.07) is 6.13. The standard InChI is InChI=1S/C13H18N5O2/c1-17(2)13(20)18-7-6-9(8-18)15-11-5-3-4-10(16-11)12(14)19/h3,5,9H,6-8H2,1-2H3,(H2,14,19)(H,15,16)/t9-/m0/s1. The quantitative estimate of drug-likeness (QED) is 0.822. The summed E-state index contributed by atoms with van der Waals surface area (Å²) in [4.78, 5) is 30.3. The molecule has 7 heteroatoms. The minimum atomic E-state index is -0.607. The second-order valence-corrected chi connectivity index (χ2v) is 4.94. The van der Waals surface area contributed by atoms with Gasteiger partial charge >= 0.3 is 6.03 Å². The van der Waals surface area contributed by atoms with Crippen LogP contribution in [0.5, 0.6) is 0 Å². The van der Waals surface area contributed by atoms with Crippen molar-refractivity contribution in [3.63, 3.8) is 0 Å². The van der Waals surface area contributed by atoms with Crippen molar-refractivity contribution in [2.45, 2.75) is 12.5 Å². The van der Waals surface area contributed by atoms with Crippen molar-refractivity contribution in [1.29, 1.82) is 0 Å². The Bertz CT molecular complexity index is 517. The van der Waals surface area contributed by atoms with Gasteiger partial charge in [0, 0.05) is 39.3 Å². The van der Waals surface area contributed by atoms with Gasteiger partial charge in [-0.25, -0.2) is 9.78 Å². The van der Waals surface area contributed by atoms with Crippen LogP contribution in [0.1, 0.15) is 16.9 Å². The summed E-state index contributed by atoms with van der Waals surface area (Å²) in [5.41, 5.74) is 5.27. The van der Waals surface area contributed by atoms with E-state index in [-0.39, 0.29) is 17.8 Å². The van der Waals surface area contributed by atoms with Crippen LogP contribution in [-0.4, -0.2) is 59.9 Å². The van der Waals surface area contributed by atoms with E-state index in [2.05, 4.69) is 16.4 Å². The number of amides is 3. The van der Waals surface area contributed by atoms with Gasteiger partial charge in [-0.15, -0.1) is 0 Å². The first kappa shape index (κ1) is 14.1. The number of nitrogens with two attached hydrogens (primary N) is 1. The van der Waals surface area contributed by atoms with Gasteiger partial charge in [-0.05, 0) is 18.6 Å². The number of carbonyl (C=O) groups is 2. The minimum absolute atomic E-state index is 0.00137. The molecule has 0 saturated carbocycles.